The van der Waals surface area contributed by atoms with Crippen LogP contribution >= 0.6 is 0 Å². The first kappa shape index (κ1) is 12.5. The fourth-order valence-corrected chi connectivity index (χ4v) is 1.39. The van der Waals surface area contributed by atoms with E-state index in [-0.39, 0.29) is 12.0 Å². The second-order valence-electron chi connectivity index (χ2n) is 3.52. The number of carbonyl (C=O) groups is 1. The molecule has 2 N–H and O–H groups in total. The van der Waals surface area contributed by atoms with Crippen LogP contribution in [0.15, 0.2) is 18.2 Å². The summed E-state index contributed by atoms with van der Waals surface area (Å²) in [5.74, 6) is 0.574. The van der Waals surface area contributed by atoms with E-state index in [1.165, 1.54) is 14.0 Å². The smallest absolute Gasteiger partial charge is 0.308 e. The summed E-state index contributed by atoms with van der Waals surface area (Å²) in [5, 5.41) is 0. The lowest BCUT2D eigenvalue weighted by Gasteiger charge is -2.13. The first-order valence-electron chi connectivity index (χ1n) is 5.20. The molecule has 0 aliphatic heterocycles. The summed E-state index contributed by atoms with van der Waals surface area (Å²) in [7, 11) is 1.53. The van der Waals surface area contributed by atoms with E-state index in [0.29, 0.717) is 11.5 Å². The van der Waals surface area contributed by atoms with Gasteiger partial charge >= 0.3 is 5.97 Å². The quantitative estimate of drug-likeness (QED) is 0.626. The van der Waals surface area contributed by atoms with Crippen LogP contribution in [0.3, 0.4) is 0 Å². The molecule has 0 saturated heterocycles. The third-order valence-electron chi connectivity index (χ3n) is 2.31. The topological polar surface area (TPSA) is 61.5 Å². The Kier molecular flexibility index (Phi) is 4.31. The van der Waals surface area contributed by atoms with Gasteiger partial charge in [-0.3, -0.25) is 4.79 Å². The van der Waals surface area contributed by atoms with Crippen LogP contribution in [0.2, 0.25) is 0 Å². The summed E-state index contributed by atoms with van der Waals surface area (Å²) in [6.45, 7) is 3.36. The van der Waals surface area contributed by atoms with Crippen LogP contribution < -0.4 is 15.2 Å². The van der Waals surface area contributed by atoms with E-state index in [0.717, 1.165) is 12.0 Å². The van der Waals surface area contributed by atoms with Crippen LogP contribution in [-0.2, 0) is 4.79 Å². The minimum absolute atomic E-state index is 0.0275. The monoisotopic (exact) mass is 223 g/mol. The van der Waals surface area contributed by atoms with E-state index in [4.69, 9.17) is 15.2 Å². The molecule has 4 nitrogen and oxygen atoms in total. The van der Waals surface area contributed by atoms with Gasteiger partial charge in [0.1, 0.15) is 0 Å². The Labute approximate surface area is 95.3 Å². The predicted octanol–water partition coefficient (Wildman–Crippen LogP) is 2.03. The van der Waals surface area contributed by atoms with Gasteiger partial charge in [-0.25, -0.2) is 0 Å². The number of nitrogens with two attached hydrogens (primary N) is 1. The number of hydrogen-bond acceptors (Lipinski definition) is 4. The molecule has 4 heteroatoms. The highest BCUT2D eigenvalue weighted by Gasteiger charge is 2.10. The largest absolute Gasteiger partial charge is 0.493 e. The van der Waals surface area contributed by atoms with Crippen LogP contribution in [0.25, 0.3) is 0 Å². The zero-order valence-electron chi connectivity index (χ0n) is 9.82. The molecule has 1 rings (SSSR count). The Morgan fingerprint density at radius 3 is 2.62 bits per heavy atom. The van der Waals surface area contributed by atoms with Gasteiger partial charge in [-0.05, 0) is 24.1 Å². The maximum absolute atomic E-state index is 10.9. The molecule has 0 saturated carbocycles. The van der Waals surface area contributed by atoms with Crippen molar-refractivity contribution in [2.75, 3.05) is 7.11 Å². The van der Waals surface area contributed by atoms with Crippen molar-refractivity contribution in [3.05, 3.63) is 23.8 Å². The predicted molar refractivity (Wildman–Crippen MR) is 61.5 cm³/mol. The average molecular weight is 223 g/mol. The summed E-state index contributed by atoms with van der Waals surface area (Å²) in [6, 6.07) is 5.31. The van der Waals surface area contributed by atoms with Crippen molar-refractivity contribution in [2.24, 2.45) is 5.73 Å². The molecule has 88 valence electrons. The summed E-state index contributed by atoms with van der Waals surface area (Å²) in [6.07, 6.45) is 0.843. The highest BCUT2D eigenvalue weighted by molar-refractivity contribution is 5.70. The maximum Gasteiger partial charge on any atom is 0.308 e. The van der Waals surface area contributed by atoms with E-state index in [9.17, 15) is 4.79 Å². The molecule has 1 aromatic carbocycles. The van der Waals surface area contributed by atoms with Gasteiger partial charge in [0.25, 0.3) is 0 Å². The number of carbonyl (C=O) groups excluding carboxylic acids is 1. The molecule has 0 fully saturated rings. The van der Waals surface area contributed by atoms with Crippen LogP contribution in [0, 0.1) is 0 Å². The van der Waals surface area contributed by atoms with E-state index >= 15 is 0 Å². The van der Waals surface area contributed by atoms with Gasteiger partial charge in [0.2, 0.25) is 0 Å². The minimum atomic E-state index is -0.370. The first-order chi connectivity index (χ1) is 7.58. The molecule has 0 unspecified atom stereocenters. The Morgan fingerprint density at radius 2 is 2.12 bits per heavy atom. The molecule has 1 aromatic rings. The normalized spacial score (nSPS) is 12.0. The van der Waals surface area contributed by atoms with Gasteiger partial charge in [0, 0.05) is 13.0 Å². The van der Waals surface area contributed by atoms with Crippen molar-refractivity contribution in [2.45, 2.75) is 26.3 Å². The summed E-state index contributed by atoms with van der Waals surface area (Å²) < 4.78 is 10.1. The molecular weight excluding hydrogens is 206 g/mol. The molecule has 0 radical (unpaired) electrons. The van der Waals surface area contributed by atoms with Gasteiger partial charge < -0.3 is 15.2 Å². The van der Waals surface area contributed by atoms with Crippen molar-refractivity contribution < 1.29 is 14.3 Å². The Bertz CT molecular complexity index is 377. The van der Waals surface area contributed by atoms with Crippen molar-refractivity contribution in [3.63, 3.8) is 0 Å². The van der Waals surface area contributed by atoms with Gasteiger partial charge in [-0.15, -0.1) is 0 Å². The summed E-state index contributed by atoms with van der Waals surface area (Å²) in [5.41, 5.74) is 6.87. The molecule has 0 bridgehead atoms. The third kappa shape index (κ3) is 2.97. The van der Waals surface area contributed by atoms with Gasteiger partial charge in [0.05, 0.1) is 7.11 Å². The maximum atomic E-state index is 10.9. The zero-order valence-corrected chi connectivity index (χ0v) is 9.82. The lowest BCUT2D eigenvalue weighted by molar-refractivity contribution is -0.132. The molecule has 16 heavy (non-hydrogen) atoms. The molecule has 0 aliphatic rings. The molecule has 0 aliphatic carbocycles. The van der Waals surface area contributed by atoms with E-state index in [1.54, 1.807) is 12.1 Å². The minimum Gasteiger partial charge on any atom is -0.493 e. The van der Waals surface area contributed by atoms with Crippen molar-refractivity contribution >= 4 is 5.97 Å². The number of esters is 1. The molecular formula is C12H17NO3. The first-order valence-corrected chi connectivity index (χ1v) is 5.20. The standard InChI is InChI=1S/C12H17NO3/c1-4-10(13)9-5-6-11(16-8(2)14)12(7-9)15-3/h5-7,10H,4,13H2,1-3H3/t10-/m1/s1. The van der Waals surface area contributed by atoms with Crippen molar-refractivity contribution in [1.29, 1.82) is 0 Å². The summed E-state index contributed by atoms with van der Waals surface area (Å²) in [4.78, 5) is 10.9. The van der Waals surface area contributed by atoms with E-state index < -0.39 is 0 Å². The SMILES string of the molecule is CC[C@@H](N)c1ccc(OC(C)=O)c(OC)c1. The van der Waals surface area contributed by atoms with Crippen LogP contribution in [0.5, 0.6) is 11.5 Å². The zero-order chi connectivity index (χ0) is 12.1. The number of ether oxygens (including phenoxy) is 2. The Morgan fingerprint density at radius 1 is 1.44 bits per heavy atom. The molecule has 0 aromatic heterocycles. The molecule has 1 atom stereocenters. The molecule has 0 spiro atoms. The lowest BCUT2D eigenvalue weighted by Crippen LogP contribution is -2.09. The second-order valence-corrected chi connectivity index (χ2v) is 3.52. The van der Waals surface area contributed by atoms with E-state index in [1.807, 2.05) is 13.0 Å². The van der Waals surface area contributed by atoms with E-state index in [2.05, 4.69) is 0 Å². The Hall–Kier alpha value is -1.55. The highest BCUT2D eigenvalue weighted by atomic mass is 16.6. The number of benzene rings is 1. The van der Waals surface area contributed by atoms with Crippen LogP contribution in [0.4, 0.5) is 0 Å². The highest BCUT2D eigenvalue weighted by Crippen LogP contribution is 2.30. The molecule has 0 amide bonds. The lowest BCUT2D eigenvalue weighted by atomic mass is 10.1. The van der Waals surface area contributed by atoms with Gasteiger partial charge in [-0.2, -0.15) is 0 Å². The van der Waals surface area contributed by atoms with Crippen LogP contribution in [-0.4, -0.2) is 13.1 Å². The third-order valence-corrected chi connectivity index (χ3v) is 2.31. The van der Waals surface area contributed by atoms with Crippen molar-refractivity contribution in [1.82, 2.24) is 0 Å². The van der Waals surface area contributed by atoms with Gasteiger partial charge in [-0.1, -0.05) is 13.0 Å². The summed E-state index contributed by atoms with van der Waals surface area (Å²) >= 11 is 0. The van der Waals surface area contributed by atoms with Crippen molar-refractivity contribution in [3.8, 4) is 11.5 Å². The van der Waals surface area contributed by atoms with Gasteiger partial charge in [0.15, 0.2) is 11.5 Å². The fraction of sp³-hybridized carbons (Fsp3) is 0.417. The Balaban J connectivity index is 3.01. The molecule has 0 heterocycles. The number of rotatable bonds is 4. The second kappa shape index (κ2) is 5.51. The van der Waals surface area contributed by atoms with Crippen LogP contribution in [0.1, 0.15) is 31.9 Å². The number of methoxy groups -OCH3 is 1. The average Bonchev–Trinajstić information content (AvgIpc) is 2.27. The fourth-order valence-electron chi connectivity index (χ4n) is 1.39. The number of hydrogen-bond donors (Lipinski definition) is 1.